The maximum Gasteiger partial charge on any atom is 0.266 e. The molecule has 4 aromatic rings. The molecule has 1 aliphatic rings. The molecule has 0 N–H and O–H groups in total. The Labute approximate surface area is 226 Å². The quantitative estimate of drug-likeness (QED) is 0.317. The van der Waals surface area contributed by atoms with Crippen molar-refractivity contribution in [2.75, 3.05) is 31.1 Å². The Morgan fingerprint density at radius 2 is 1.74 bits per heavy atom. The van der Waals surface area contributed by atoms with Crippen LogP contribution in [0.2, 0.25) is 0 Å². The Bertz CT molecular complexity index is 1660. The number of sulfonamides is 1. The van der Waals surface area contributed by atoms with Gasteiger partial charge in [0.15, 0.2) is 5.76 Å². The number of nitrogens with zero attached hydrogens (tertiary/aromatic N) is 4. The zero-order chi connectivity index (χ0) is 27.7. The third kappa shape index (κ3) is 5.39. The van der Waals surface area contributed by atoms with E-state index >= 15 is 0 Å². The van der Waals surface area contributed by atoms with E-state index in [1.807, 2.05) is 38.1 Å². The molecule has 0 atom stereocenters. The molecule has 1 fully saturated rings. The minimum Gasteiger partial charge on any atom is -0.486 e. The number of halogens is 1. The summed E-state index contributed by atoms with van der Waals surface area (Å²) in [6, 6.07) is 15.1. The maximum atomic E-state index is 13.6. The van der Waals surface area contributed by atoms with Crippen molar-refractivity contribution in [3.05, 3.63) is 82.5 Å². The predicted octanol–water partition coefficient (Wildman–Crippen LogP) is 4.96. The molecule has 11 heteroatoms. The van der Waals surface area contributed by atoms with E-state index in [1.165, 1.54) is 28.9 Å². The number of anilines is 1. The number of piperazine rings is 1. The standard InChI is InChI=1S/C28H27FN4O5S/c1-18-4-5-21(14-19(18)2)36-17-22-6-9-26(37-22)27-31-25(16-30)28(38-27)32-10-12-33(13-11-32)39(34,35)23-7-8-24(29)20(3)15-23/h4-9,14-15H,10-13,17H2,1-3H3. The molecule has 1 aliphatic heterocycles. The molecule has 2 aromatic heterocycles. The lowest BCUT2D eigenvalue weighted by atomic mass is 10.1. The summed E-state index contributed by atoms with van der Waals surface area (Å²) in [5.41, 5.74) is 2.66. The lowest BCUT2D eigenvalue weighted by Gasteiger charge is -2.33. The number of oxazole rings is 1. The monoisotopic (exact) mass is 550 g/mol. The topological polar surface area (TPSA) is 113 Å². The van der Waals surface area contributed by atoms with Gasteiger partial charge in [0.05, 0.1) is 4.90 Å². The highest BCUT2D eigenvalue weighted by Crippen LogP contribution is 2.31. The number of ether oxygens (including phenoxy) is 1. The summed E-state index contributed by atoms with van der Waals surface area (Å²) in [6.07, 6.45) is 0. The van der Waals surface area contributed by atoms with Gasteiger partial charge in [-0.3, -0.25) is 0 Å². The Kier molecular flexibility index (Phi) is 7.16. The van der Waals surface area contributed by atoms with Crippen molar-refractivity contribution in [2.45, 2.75) is 32.3 Å². The number of hydrogen-bond acceptors (Lipinski definition) is 8. The molecule has 39 heavy (non-hydrogen) atoms. The molecule has 3 heterocycles. The molecule has 9 nitrogen and oxygen atoms in total. The SMILES string of the molecule is Cc1ccc(OCc2ccc(-c3nc(C#N)c(N4CCN(S(=O)(=O)c5ccc(F)c(C)c5)CC4)o3)o2)cc1C. The van der Waals surface area contributed by atoms with E-state index in [1.54, 1.807) is 17.0 Å². The molecule has 0 unspecified atom stereocenters. The average molecular weight is 551 g/mol. The Hall–Kier alpha value is -4.14. The van der Waals surface area contributed by atoms with Crippen LogP contribution in [0.15, 0.2) is 62.3 Å². The first kappa shape index (κ1) is 26.5. The Morgan fingerprint density at radius 3 is 2.44 bits per heavy atom. The fourth-order valence-corrected chi connectivity index (χ4v) is 5.80. The highest BCUT2D eigenvalue weighted by Gasteiger charge is 2.31. The second kappa shape index (κ2) is 10.6. The molecule has 202 valence electrons. The van der Waals surface area contributed by atoms with Crippen LogP contribution in [0.3, 0.4) is 0 Å². The van der Waals surface area contributed by atoms with E-state index in [0.29, 0.717) is 11.5 Å². The molecule has 5 rings (SSSR count). The van der Waals surface area contributed by atoms with Crippen LogP contribution in [0, 0.1) is 37.9 Å². The summed E-state index contributed by atoms with van der Waals surface area (Å²) in [7, 11) is -3.79. The predicted molar refractivity (Wildman–Crippen MR) is 141 cm³/mol. The van der Waals surface area contributed by atoms with Crippen molar-refractivity contribution in [1.82, 2.24) is 9.29 Å². The van der Waals surface area contributed by atoms with E-state index in [0.717, 1.165) is 17.4 Å². The normalized spacial score (nSPS) is 14.4. The average Bonchev–Trinajstić information content (AvgIpc) is 3.58. The smallest absolute Gasteiger partial charge is 0.266 e. The van der Waals surface area contributed by atoms with Gasteiger partial charge in [0, 0.05) is 26.2 Å². The zero-order valence-corrected chi connectivity index (χ0v) is 22.6. The van der Waals surface area contributed by atoms with Crippen LogP contribution in [-0.4, -0.2) is 43.9 Å². The third-order valence-electron chi connectivity index (χ3n) is 6.74. The Morgan fingerprint density at radius 1 is 0.974 bits per heavy atom. The van der Waals surface area contributed by atoms with Crippen LogP contribution in [0.25, 0.3) is 11.7 Å². The van der Waals surface area contributed by atoms with Crippen molar-refractivity contribution < 1.29 is 26.4 Å². The van der Waals surface area contributed by atoms with E-state index in [2.05, 4.69) is 4.98 Å². The van der Waals surface area contributed by atoms with Crippen molar-refractivity contribution >= 4 is 15.9 Å². The number of hydrogen-bond donors (Lipinski definition) is 0. The summed E-state index contributed by atoms with van der Waals surface area (Å²) in [4.78, 5) is 6.12. The summed E-state index contributed by atoms with van der Waals surface area (Å²) in [5.74, 6) is 1.60. The van der Waals surface area contributed by atoms with Crippen LogP contribution >= 0.6 is 0 Å². The van der Waals surface area contributed by atoms with Gasteiger partial charge in [-0.15, -0.1) is 0 Å². The summed E-state index contributed by atoms with van der Waals surface area (Å²) >= 11 is 0. The van der Waals surface area contributed by atoms with Crippen LogP contribution in [-0.2, 0) is 16.6 Å². The van der Waals surface area contributed by atoms with Gasteiger partial charge in [0.25, 0.3) is 5.89 Å². The molecule has 0 aliphatic carbocycles. The van der Waals surface area contributed by atoms with Gasteiger partial charge in [0.2, 0.25) is 21.6 Å². The lowest BCUT2D eigenvalue weighted by Crippen LogP contribution is -2.48. The van der Waals surface area contributed by atoms with Crippen LogP contribution < -0.4 is 9.64 Å². The van der Waals surface area contributed by atoms with Gasteiger partial charge in [-0.25, -0.2) is 12.8 Å². The number of aromatic nitrogens is 1. The molecule has 0 radical (unpaired) electrons. The molecule has 0 bridgehead atoms. The van der Waals surface area contributed by atoms with Gasteiger partial charge in [-0.2, -0.15) is 14.6 Å². The minimum absolute atomic E-state index is 0.0460. The summed E-state index contributed by atoms with van der Waals surface area (Å²) in [5, 5.41) is 9.66. The zero-order valence-electron chi connectivity index (χ0n) is 21.8. The van der Waals surface area contributed by atoms with Crippen LogP contribution in [0.5, 0.6) is 5.75 Å². The molecule has 1 saturated heterocycles. The number of aryl methyl sites for hydroxylation is 3. The van der Waals surface area contributed by atoms with Gasteiger partial charge >= 0.3 is 0 Å². The van der Waals surface area contributed by atoms with Crippen molar-refractivity contribution in [3.63, 3.8) is 0 Å². The number of nitriles is 1. The van der Waals surface area contributed by atoms with Crippen LogP contribution in [0.1, 0.15) is 28.1 Å². The lowest BCUT2D eigenvalue weighted by molar-refractivity contribution is 0.271. The molecule has 0 spiro atoms. The van der Waals surface area contributed by atoms with E-state index in [4.69, 9.17) is 13.6 Å². The van der Waals surface area contributed by atoms with Gasteiger partial charge < -0.3 is 18.5 Å². The van der Waals surface area contributed by atoms with Gasteiger partial charge in [-0.05, 0) is 79.9 Å². The van der Waals surface area contributed by atoms with E-state index in [9.17, 15) is 18.1 Å². The van der Waals surface area contributed by atoms with E-state index in [-0.39, 0.29) is 60.7 Å². The maximum absolute atomic E-state index is 13.6. The highest BCUT2D eigenvalue weighted by molar-refractivity contribution is 7.89. The first-order valence-electron chi connectivity index (χ1n) is 12.4. The highest BCUT2D eigenvalue weighted by atomic mass is 32.2. The molecule has 0 amide bonds. The molecular formula is C28H27FN4O5S. The number of rotatable bonds is 7. The van der Waals surface area contributed by atoms with E-state index < -0.39 is 15.8 Å². The largest absolute Gasteiger partial charge is 0.486 e. The molecule has 2 aromatic carbocycles. The van der Waals surface area contributed by atoms with Crippen LogP contribution in [0.4, 0.5) is 10.3 Å². The van der Waals surface area contributed by atoms with Crippen molar-refractivity contribution in [1.29, 1.82) is 5.26 Å². The van der Waals surface area contributed by atoms with Crippen molar-refractivity contribution in [3.8, 4) is 23.5 Å². The third-order valence-corrected chi connectivity index (χ3v) is 8.63. The molecule has 0 saturated carbocycles. The second-order valence-corrected chi connectivity index (χ2v) is 11.3. The number of benzene rings is 2. The molecular weight excluding hydrogens is 523 g/mol. The fraction of sp³-hybridized carbons (Fsp3) is 0.286. The first-order valence-corrected chi connectivity index (χ1v) is 13.8. The number of furan rings is 1. The fourth-order valence-electron chi connectivity index (χ4n) is 4.29. The summed E-state index contributed by atoms with van der Waals surface area (Å²) in [6.45, 7) is 6.70. The first-order chi connectivity index (χ1) is 18.7. The second-order valence-electron chi connectivity index (χ2n) is 9.39. The Balaban J connectivity index is 1.26. The summed E-state index contributed by atoms with van der Waals surface area (Å²) < 4.78 is 58.7. The van der Waals surface area contributed by atoms with Gasteiger partial charge in [-0.1, -0.05) is 6.07 Å². The van der Waals surface area contributed by atoms with Crippen molar-refractivity contribution in [2.24, 2.45) is 0 Å². The van der Waals surface area contributed by atoms with Gasteiger partial charge in [0.1, 0.15) is 30.0 Å². The minimum atomic E-state index is -3.79.